The topological polar surface area (TPSA) is 96.3 Å². The quantitative estimate of drug-likeness (QED) is 0.359. The summed E-state index contributed by atoms with van der Waals surface area (Å²) in [5, 5.41) is 24.8. The van der Waals surface area contributed by atoms with Crippen LogP contribution in [-0.4, -0.2) is 39.3 Å². The van der Waals surface area contributed by atoms with Crippen LogP contribution < -0.4 is 5.01 Å². The summed E-state index contributed by atoms with van der Waals surface area (Å²) in [6.07, 6.45) is 6.17. The summed E-state index contributed by atoms with van der Waals surface area (Å²) in [5.41, 5.74) is 3.24. The molecule has 0 spiro atoms. The summed E-state index contributed by atoms with van der Waals surface area (Å²) >= 11 is 3.43. The number of non-ortho nitro benzene ring substituents is 1. The Hall–Kier alpha value is -2.78. The number of pyridine rings is 1. The highest BCUT2D eigenvalue weighted by molar-refractivity contribution is 9.10. The minimum Gasteiger partial charge on any atom is -0.396 e. The number of fused-ring (bicyclic) bond motifs is 1. The summed E-state index contributed by atoms with van der Waals surface area (Å²) in [7, 11) is 1.75. The van der Waals surface area contributed by atoms with Crippen LogP contribution in [-0.2, 0) is 0 Å². The molecule has 0 unspecified atom stereocenters. The van der Waals surface area contributed by atoms with Gasteiger partial charge in [0.2, 0.25) is 0 Å². The number of anilines is 1. The van der Waals surface area contributed by atoms with E-state index in [2.05, 4.69) is 26.0 Å². The Labute approximate surface area is 171 Å². The fourth-order valence-corrected chi connectivity index (χ4v) is 2.67. The van der Waals surface area contributed by atoms with Gasteiger partial charge in [0.1, 0.15) is 5.65 Å². The number of nitrogens with zero attached hydrogens (tertiary/aromatic N) is 5. The zero-order valence-corrected chi connectivity index (χ0v) is 17.5. The minimum absolute atomic E-state index is 0.0383. The van der Waals surface area contributed by atoms with Crippen molar-refractivity contribution in [2.45, 2.75) is 20.3 Å². The number of aromatic nitrogens is 2. The maximum Gasteiger partial charge on any atom is 0.271 e. The molecular weight excluding hydrogens is 426 g/mol. The van der Waals surface area contributed by atoms with E-state index in [4.69, 9.17) is 5.11 Å². The molecule has 0 aliphatic heterocycles. The summed E-state index contributed by atoms with van der Waals surface area (Å²) in [5.74, 6) is 0. The second-order valence-corrected chi connectivity index (χ2v) is 6.89. The lowest BCUT2D eigenvalue weighted by Crippen LogP contribution is -2.11. The van der Waals surface area contributed by atoms with Crippen LogP contribution >= 0.6 is 15.9 Å². The van der Waals surface area contributed by atoms with Gasteiger partial charge in [0.25, 0.3) is 5.69 Å². The molecule has 0 aliphatic carbocycles. The second kappa shape index (κ2) is 9.95. The molecule has 0 fully saturated rings. The number of hydrazone groups is 1. The molecule has 0 saturated carbocycles. The molecule has 1 aromatic carbocycles. The highest BCUT2D eigenvalue weighted by atomic mass is 79.9. The molecule has 0 aliphatic rings. The molecule has 0 amide bonds. The van der Waals surface area contributed by atoms with Gasteiger partial charge in [0, 0.05) is 36.5 Å². The number of hydrogen-bond acceptors (Lipinski definition) is 6. The lowest BCUT2D eigenvalue weighted by atomic mass is 10.2. The Morgan fingerprint density at radius 3 is 2.75 bits per heavy atom. The van der Waals surface area contributed by atoms with Crippen LogP contribution in [0.2, 0.25) is 0 Å². The van der Waals surface area contributed by atoms with E-state index in [1.807, 2.05) is 36.6 Å². The first kappa shape index (κ1) is 21.5. The first-order valence-corrected chi connectivity index (χ1v) is 9.43. The van der Waals surface area contributed by atoms with Crippen LogP contribution in [0.4, 0.5) is 11.4 Å². The van der Waals surface area contributed by atoms with E-state index in [0.29, 0.717) is 12.3 Å². The van der Waals surface area contributed by atoms with Gasteiger partial charge in [-0.3, -0.25) is 19.5 Å². The predicted molar refractivity (Wildman–Crippen MR) is 114 cm³/mol. The van der Waals surface area contributed by atoms with E-state index >= 15 is 0 Å². The Morgan fingerprint density at radius 1 is 1.39 bits per heavy atom. The number of aliphatic hydroxyl groups is 1. The number of nitro groups is 1. The highest BCUT2D eigenvalue weighted by Crippen LogP contribution is 2.25. The monoisotopic (exact) mass is 447 g/mol. The lowest BCUT2D eigenvalue weighted by molar-refractivity contribution is -0.384. The summed E-state index contributed by atoms with van der Waals surface area (Å²) in [6, 6.07) is 8.53. The predicted octanol–water partition coefficient (Wildman–Crippen LogP) is 4.17. The van der Waals surface area contributed by atoms with Crippen molar-refractivity contribution in [3.63, 3.8) is 0 Å². The zero-order valence-electron chi connectivity index (χ0n) is 15.9. The van der Waals surface area contributed by atoms with Gasteiger partial charge in [-0.2, -0.15) is 5.10 Å². The number of benzene rings is 1. The number of nitro benzene ring substituents is 1. The van der Waals surface area contributed by atoms with Gasteiger partial charge < -0.3 is 5.11 Å². The summed E-state index contributed by atoms with van der Waals surface area (Å²) < 4.78 is 2.84. The Kier molecular flexibility index (Phi) is 7.65. The number of rotatable bonds is 5. The van der Waals surface area contributed by atoms with Crippen molar-refractivity contribution in [3.8, 4) is 0 Å². The Bertz CT molecular complexity index is 985. The van der Waals surface area contributed by atoms with Crippen molar-refractivity contribution in [2.24, 2.45) is 5.10 Å². The van der Waals surface area contributed by atoms with Gasteiger partial charge in [-0.1, -0.05) is 13.0 Å². The molecule has 8 nitrogen and oxygen atoms in total. The van der Waals surface area contributed by atoms with Crippen LogP contribution in [0.5, 0.6) is 0 Å². The molecule has 0 radical (unpaired) electrons. The van der Waals surface area contributed by atoms with E-state index < -0.39 is 4.92 Å². The van der Waals surface area contributed by atoms with Crippen LogP contribution in [0.25, 0.3) is 5.65 Å². The average molecular weight is 448 g/mol. The third-order valence-electron chi connectivity index (χ3n) is 3.84. The maximum atomic E-state index is 10.9. The number of hydrogen-bond donors (Lipinski definition) is 1. The third kappa shape index (κ3) is 5.37. The standard InChI is InChI=1S/C16H14BrN5O2.C3H8O/c1-11-3-5-13(22(23)24)7-15(11)20(2)19-9-14-8-18-16-6-4-12(17)10-21(14)16;1-2-3-4/h3-10H,1-2H3;4H,2-3H2,1H3/b19-9+;. The number of aliphatic hydroxyl groups excluding tert-OH is 1. The van der Waals surface area contributed by atoms with Crippen molar-refractivity contribution < 1.29 is 10.0 Å². The molecule has 0 atom stereocenters. The van der Waals surface area contributed by atoms with Crippen LogP contribution in [0.3, 0.4) is 0 Å². The minimum atomic E-state index is -0.414. The van der Waals surface area contributed by atoms with Gasteiger partial charge in [0.05, 0.1) is 28.7 Å². The second-order valence-electron chi connectivity index (χ2n) is 5.98. The smallest absolute Gasteiger partial charge is 0.271 e. The van der Waals surface area contributed by atoms with Gasteiger partial charge in [-0.05, 0) is 47.0 Å². The lowest BCUT2D eigenvalue weighted by Gasteiger charge is -2.15. The van der Waals surface area contributed by atoms with E-state index in [1.54, 1.807) is 30.5 Å². The van der Waals surface area contributed by atoms with Gasteiger partial charge in [-0.25, -0.2) is 4.98 Å². The fraction of sp³-hybridized carbons (Fsp3) is 0.263. The molecule has 2 heterocycles. The third-order valence-corrected chi connectivity index (χ3v) is 4.31. The molecule has 3 rings (SSSR count). The first-order chi connectivity index (χ1) is 13.4. The van der Waals surface area contributed by atoms with Gasteiger partial charge in [0.15, 0.2) is 0 Å². The maximum absolute atomic E-state index is 10.9. The van der Waals surface area contributed by atoms with E-state index in [-0.39, 0.29) is 5.69 Å². The molecule has 3 aromatic rings. The molecule has 148 valence electrons. The highest BCUT2D eigenvalue weighted by Gasteiger charge is 2.11. The molecule has 2 aromatic heterocycles. The first-order valence-electron chi connectivity index (χ1n) is 8.63. The van der Waals surface area contributed by atoms with Crippen molar-refractivity contribution in [1.29, 1.82) is 0 Å². The number of halogens is 1. The molecule has 28 heavy (non-hydrogen) atoms. The van der Waals surface area contributed by atoms with E-state index in [9.17, 15) is 10.1 Å². The average Bonchev–Trinajstić information content (AvgIpc) is 3.08. The van der Waals surface area contributed by atoms with Crippen LogP contribution in [0.1, 0.15) is 24.6 Å². The summed E-state index contributed by atoms with van der Waals surface area (Å²) in [6.45, 7) is 4.14. The molecular formula is C19H22BrN5O3. The van der Waals surface area contributed by atoms with Crippen LogP contribution in [0, 0.1) is 17.0 Å². The number of imidazole rings is 1. The van der Waals surface area contributed by atoms with Crippen molar-refractivity contribution in [1.82, 2.24) is 9.38 Å². The molecule has 1 N–H and O–H groups in total. The Balaban J connectivity index is 0.000000640. The van der Waals surface area contributed by atoms with Crippen molar-refractivity contribution >= 4 is 39.2 Å². The van der Waals surface area contributed by atoms with Gasteiger partial charge >= 0.3 is 0 Å². The van der Waals surface area contributed by atoms with Crippen molar-refractivity contribution in [2.75, 3.05) is 18.7 Å². The van der Waals surface area contributed by atoms with E-state index in [1.165, 1.54) is 12.1 Å². The Morgan fingerprint density at radius 2 is 2.11 bits per heavy atom. The normalized spacial score (nSPS) is 10.8. The SMILES string of the molecule is CCCO.Cc1ccc([N+](=O)[O-])cc1N(C)/N=C/c1cnc2ccc(Br)cn12. The molecule has 0 saturated heterocycles. The van der Waals surface area contributed by atoms with Crippen molar-refractivity contribution in [3.05, 3.63) is 68.6 Å². The van der Waals surface area contributed by atoms with Gasteiger partial charge in [-0.15, -0.1) is 0 Å². The van der Waals surface area contributed by atoms with E-state index in [0.717, 1.165) is 27.8 Å². The molecule has 0 bridgehead atoms. The molecule has 9 heteroatoms. The fourth-order valence-electron chi connectivity index (χ4n) is 2.34. The summed E-state index contributed by atoms with van der Waals surface area (Å²) in [4.78, 5) is 14.8. The largest absolute Gasteiger partial charge is 0.396 e. The van der Waals surface area contributed by atoms with Crippen LogP contribution in [0.15, 0.2) is 52.3 Å². The zero-order chi connectivity index (χ0) is 20.7. The number of aryl methyl sites for hydroxylation is 1.